The van der Waals surface area contributed by atoms with Gasteiger partial charge in [-0.3, -0.25) is 4.79 Å². The van der Waals surface area contributed by atoms with Gasteiger partial charge in [-0.2, -0.15) is 0 Å². The van der Waals surface area contributed by atoms with Crippen LogP contribution in [0.1, 0.15) is 32.1 Å². The van der Waals surface area contributed by atoms with Crippen molar-refractivity contribution in [1.82, 2.24) is 10.6 Å². The first kappa shape index (κ1) is 15.0. The summed E-state index contributed by atoms with van der Waals surface area (Å²) in [5.74, 6) is 0.731. The lowest BCUT2D eigenvalue weighted by atomic mass is 9.89. The van der Waals surface area contributed by atoms with Crippen molar-refractivity contribution in [2.75, 3.05) is 6.54 Å². The van der Waals surface area contributed by atoms with Crippen molar-refractivity contribution in [2.24, 2.45) is 5.92 Å². The van der Waals surface area contributed by atoms with E-state index < -0.39 is 0 Å². The van der Waals surface area contributed by atoms with Gasteiger partial charge in [-0.25, -0.2) is 0 Å². The molecule has 2 atom stereocenters. The highest BCUT2D eigenvalue weighted by Gasteiger charge is 2.33. The van der Waals surface area contributed by atoms with Gasteiger partial charge in [0.05, 0.1) is 0 Å². The average molecular weight is 324 g/mol. The Morgan fingerprint density at radius 3 is 2.47 bits per heavy atom. The third kappa shape index (κ3) is 4.60. The highest BCUT2D eigenvalue weighted by molar-refractivity contribution is 9.11. The lowest BCUT2D eigenvalue weighted by Crippen LogP contribution is -2.39. The van der Waals surface area contributed by atoms with Gasteiger partial charge in [0.15, 0.2) is 0 Å². The monoisotopic (exact) mass is 322 g/mol. The molecule has 0 aromatic rings. The van der Waals surface area contributed by atoms with Gasteiger partial charge in [0.2, 0.25) is 5.91 Å². The summed E-state index contributed by atoms with van der Waals surface area (Å²) in [6, 6.07) is 1.34. The molecule has 0 aliphatic carbocycles. The number of fused-ring (bicyclic) bond motifs is 2. The van der Waals surface area contributed by atoms with Crippen LogP contribution < -0.4 is 10.6 Å². The maximum atomic E-state index is 11.7. The minimum Gasteiger partial charge on any atom is -0.352 e. The third-order valence-electron chi connectivity index (χ3n) is 3.52. The largest absolute Gasteiger partial charge is 0.352 e. The second kappa shape index (κ2) is 6.76. The van der Waals surface area contributed by atoms with E-state index in [1.165, 1.54) is 25.7 Å². The first-order chi connectivity index (χ1) is 7.63. The topological polar surface area (TPSA) is 41.1 Å². The summed E-state index contributed by atoms with van der Waals surface area (Å²) in [7, 11) is 0. The van der Waals surface area contributed by atoms with Crippen molar-refractivity contribution >= 4 is 34.2 Å². The molecule has 0 saturated carbocycles. The van der Waals surface area contributed by atoms with Crippen molar-refractivity contribution < 1.29 is 4.79 Å². The predicted octanol–water partition coefficient (Wildman–Crippen LogP) is 2.35. The van der Waals surface area contributed by atoms with Gasteiger partial charge in [0.1, 0.15) is 0 Å². The molecule has 2 aliphatic rings. The molecular weight excluding hydrogens is 304 g/mol. The standard InChI is InChI=1S/C12H19BrN2O.ClH/c1-8(13)7-14-12(16)6-9-4-10-2-3-11(5-9)15-10;/h9-11,15H,1-7H2,(H,14,16);1H. The Hall–Kier alpha value is -0.0600. The molecule has 0 aromatic carbocycles. The fourth-order valence-corrected chi connectivity index (χ4v) is 3.01. The SMILES string of the molecule is C=C(Br)CNC(=O)CC1CC2CCC(C1)N2.Cl. The Kier molecular flexibility index (Phi) is 5.97. The predicted molar refractivity (Wildman–Crippen MR) is 75.6 cm³/mol. The Balaban J connectivity index is 0.00000144. The zero-order valence-corrected chi connectivity index (χ0v) is 12.3. The fourth-order valence-electron chi connectivity index (χ4n) is 2.87. The molecule has 1 amide bonds. The lowest BCUT2D eigenvalue weighted by Gasteiger charge is -2.28. The Labute approximate surface area is 117 Å². The van der Waals surface area contributed by atoms with Gasteiger partial charge in [0.25, 0.3) is 0 Å². The molecule has 2 saturated heterocycles. The summed E-state index contributed by atoms with van der Waals surface area (Å²) in [4.78, 5) is 11.7. The number of rotatable bonds is 4. The molecule has 2 N–H and O–H groups in total. The van der Waals surface area contributed by atoms with Crippen LogP contribution in [0.25, 0.3) is 0 Å². The molecule has 2 rings (SSSR count). The second-order valence-corrected chi connectivity index (χ2v) is 6.09. The molecule has 0 radical (unpaired) electrons. The van der Waals surface area contributed by atoms with Crippen LogP contribution in [0.15, 0.2) is 11.1 Å². The van der Waals surface area contributed by atoms with Crippen molar-refractivity contribution in [3.8, 4) is 0 Å². The quantitative estimate of drug-likeness (QED) is 0.834. The molecule has 2 bridgehead atoms. The molecular formula is C12H20BrClN2O. The van der Waals surface area contributed by atoms with Gasteiger partial charge in [-0.15, -0.1) is 12.4 Å². The highest BCUT2D eigenvalue weighted by atomic mass is 79.9. The van der Waals surface area contributed by atoms with E-state index in [0.29, 0.717) is 31.0 Å². The fraction of sp³-hybridized carbons (Fsp3) is 0.750. The maximum Gasteiger partial charge on any atom is 0.220 e. The van der Waals surface area contributed by atoms with E-state index in [-0.39, 0.29) is 18.3 Å². The number of hydrogen-bond acceptors (Lipinski definition) is 2. The number of halogens is 2. The van der Waals surface area contributed by atoms with Crippen LogP contribution in [0, 0.1) is 5.92 Å². The van der Waals surface area contributed by atoms with Crippen molar-refractivity contribution in [3.05, 3.63) is 11.1 Å². The first-order valence-corrected chi connectivity index (χ1v) is 6.79. The van der Waals surface area contributed by atoms with Crippen LogP contribution in [0.3, 0.4) is 0 Å². The summed E-state index contributed by atoms with van der Waals surface area (Å²) in [6.45, 7) is 4.24. The Morgan fingerprint density at radius 2 is 1.94 bits per heavy atom. The zero-order valence-electron chi connectivity index (χ0n) is 9.88. The van der Waals surface area contributed by atoms with Crippen LogP contribution >= 0.6 is 28.3 Å². The normalized spacial score (nSPS) is 30.5. The van der Waals surface area contributed by atoms with Gasteiger partial charge in [0, 0.05) is 29.5 Å². The van der Waals surface area contributed by atoms with E-state index in [0.717, 1.165) is 4.48 Å². The minimum absolute atomic E-state index is 0. The smallest absolute Gasteiger partial charge is 0.220 e. The molecule has 2 unspecified atom stereocenters. The molecule has 2 fully saturated rings. The van der Waals surface area contributed by atoms with Gasteiger partial charge < -0.3 is 10.6 Å². The van der Waals surface area contributed by atoms with Crippen molar-refractivity contribution in [2.45, 2.75) is 44.2 Å². The van der Waals surface area contributed by atoms with Crippen LogP contribution in [-0.4, -0.2) is 24.5 Å². The van der Waals surface area contributed by atoms with E-state index in [9.17, 15) is 4.79 Å². The van der Waals surface area contributed by atoms with E-state index in [1.54, 1.807) is 0 Å². The van der Waals surface area contributed by atoms with Crippen LogP contribution in [0.5, 0.6) is 0 Å². The number of nitrogens with one attached hydrogen (secondary N) is 2. The van der Waals surface area contributed by atoms with Gasteiger partial charge in [-0.05, 0) is 31.6 Å². The van der Waals surface area contributed by atoms with Gasteiger partial charge >= 0.3 is 0 Å². The van der Waals surface area contributed by atoms with E-state index >= 15 is 0 Å². The number of piperidine rings is 1. The van der Waals surface area contributed by atoms with Crippen molar-refractivity contribution in [1.29, 1.82) is 0 Å². The molecule has 2 heterocycles. The number of carbonyl (C=O) groups is 1. The van der Waals surface area contributed by atoms with E-state index in [4.69, 9.17) is 0 Å². The maximum absolute atomic E-state index is 11.7. The van der Waals surface area contributed by atoms with Crippen LogP contribution in [-0.2, 0) is 4.79 Å². The van der Waals surface area contributed by atoms with E-state index in [1.807, 2.05) is 0 Å². The molecule has 0 spiro atoms. The molecule has 2 aliphatic heterocycles. The third-order valence-corrected chi connectivity index (χ3v) is 3.80. The Morgan fingerprint density at radius 1 is 1.35 bits per heavy atom. The number of amides is 1. The first-order valence-electron chi connectivity index (χ1n) is 5.99. The lowest BCUT2D eigenvalue weighted by molar-refractivity contribution is -0.122. The van der Waals surface area contributed by atoms with Crippen LogP contribution in [0.4, 0.5) is 0 Å². The van der Waals surface area contributed by atoms with E-state index in [2.05, 4.69) is 33.1 Å². The molecule has 98 valence electrons. The number of carbonyl (C=O) groups excluding carboxylic acids is 1. The molecule has 3 nitrogen and oxygen atoms in total. The van der Waals surface area contributed by atoms with Crippen LogP contribution in [0.2, 0.25) is 0 Å². The zero-order chi connectivity index (χ0) is 11.5. The van der Waals surface area contributed by atoms with Crippen molar-refractivity contribution in [3.63, 3.8) is 0 Å². The second-order valence-electron chi connectivity index (χ2n) is 4.97. The summed E-state index contributed by atoms with van der Waals surface area (Å²) in [6.07, 6.45) is 5.59. The average Bonchev–Trinajstić information content (AvgIpc) is 2.55. The Bertz CT molecular complexity index is 286. The summed E-state index contributed by atoms with van der Waals surface area (Å²) < 4.78 is 0.825. The molecule has 17 heavy (non-hydrogen) atoms. The number of hydrogen-bond donors (Lipinski definition) is 2. The highest BCUT2D eigenvalue weighted by Crippen LogP contribution is 2.32. The van der Waals surface area contributed by atoms with Gasteiger partial charge in [-0.1, -0.05) is 22.5 Å². The summed E-state index contributed by atoms with van der Waals surface area (Å²) in [5.41, 5.74) is 0. The molecule has 0 aromatic heterocycles. The molecule has 5 heteroatoms. The minimum atomic E-state index is 0. The summed E-state index contributed by atoms with van der Waals surface area (Å²) in [5, 5.41) is 6.46. The summed E-state index contributed by atoms with van der Waals surface area (Å²) >= 11 is 3.24.